The summed E-state index contributed by atoms with van der Waals surface area (Å²) in [4.78, 5) is 123. The molecule has 70 heavy (non-hydrogen) atoms. The minimum atomic E-state index is -1.30. The lowest BCUT2D eigenvalue weighted by molar-refractivity contribution is -0.142. The van der Waals surface area contributed by atoms with Crippen molar-refractivity contribution in [1.82, 2.24) is 5.32 Å². The molecule has 0 spiro atoms. The van der Waals surface area contributed by atoms with Gasteiger partial charge < -0.3 is 11.1 Å². The van der Waals surface area contributed by atoms with Crippen molar-refractivity contribution in [2.45, 2.75) is 140 Å². The van der Waals surface area contributed by atoms with E-state index in [0.29, 0.717) is 16.7 Å². The molecule has 4 aromatic carbocycles. The molecule has 4 rings (SSSR count). The van der Waals surface area contributed by atoms with Gasteiger partial charge in [-0.25, -0.2) is 0 Å². The molecule has 0 fully saturated rings. The summed E-state index contributed by atoms with van der Waals surface area (Å²) in [7, 11) is 0. The molecule has 3 N–H and O–H groups in total. The topological polar surface area (TPSA) is 192 Å². The molecule has 0 radical (unpaired) electrons. The zero-order valence-corrected chi connectivity index (χ0v) is 43.3. The average Bonchev–Trinajstić information content (AvgIpc) is 3.29. The van der Waals surface area contributed by atoms with Crippen molar-refractivity contribution < 1.29 is 43.2 Å². The lowest BCUT2D eigenvalue weighted by Crippen LogP contribution is -2.53. The van der Waals surface area contributed by atoms with Gasteiger partial charge in [-0.3, -0.25) is 43.2 Å². The Labute approximate surface area is 414 Å². The molecule has 0 aliphatic rings. The molecule has 0 aliphatic heterocycles. The Morgan fingerprint density at radius 3 is 1.61 bits per heavy atom. The van der Waals surface area contributed by atoms with Crippen molar-refractivity contribution in [2.24, 2.45) is 45.7 Å². The van der Waals surface area contributed by atoms with Crippen LogP contribution < -0.4 is 11.1 Å². The number of nitrogens with one attached hydrogen (secondary N) is 1. The van der Waals surface area contributed by atoms with Crippen LogP contribution in [0.1, 0.15) is 142 Å². The van der Waals surface area contributed by atoms with E-state index in [0.717, 1.165) is 16.3 Å². The largest absolute Gasteiger partial charge is 0.345 e. The Bertz CT molecular complexity index is 2600. The van der Waals surface area contributed by atoms with Crippen molar-refractivity contribution in [1.29, 1.82) is 0 Å². The van der Waals surface area contributed by atoms with E-state index in [9.17, 15) is 43.2 Å². The van der Waals surface area contributed by atoms with E-state index in [-0.39, 0.29) is 91.2 Å². The van der Waals surface area contributed by atoms with Crippen LogP contribution in [0.3, 0.4) is 0 Å². The minimum Gasteiger partial charge on any atom is -0.345 e. The molecule has 0 saturated carbocycles. The third kappa shape index (κ3) is 15.2. The lowest BCUT2D eigenvalue weighted by Gasteiger charge is -2.33. The third-order valence-corrected chi connectivity index (χ3v) is 13.9. The average molecular weight is 955 g/mol. The number of ketones is 8. The number of carbonyl (C=O) groups is 9. The van der Waals surface area contributed by atoms with Crippen LogP contribution >= 0.6 is 0 Å². The van der Waals surface area contributed by atoms with Crippen molar-refractivity contribution in [2.75, 3.05) is 0 Å². The number of hydrogen-bond acceptors (Lipinski definition) is 10. The minimum absolute atomic E-state index is 0.0231. The van der Waals surface area contributed by atoms with Gasteiger partial charge in [0, 0.05) is 83.1 Å². The van der Waals surface area contributed by atoms with Gasteiger partial charge >= 0.3 is 0 Å². The highest BCUT2D eigenvalue weighted by Gasteiger charge is 2.43. The van der Waals surface area contributed by atoms with Gasteiger partial charge in [-0.1, -0.05) is 152 Å². The molecule has 374 valence electrons. The number of carbonyl (C=O) groups excluding carboxylic acids is 9. The van der Waals surface area contributed by atoms with E-state index in [1.54, 1.807) is 111 Å². The van der Waals surface area contributed by atoms with E-state index < -0.39 is 57.4 Å². The van der Waals surface area contributed by atoms with Gasteiger partial charge in [-0.2, -0.15) is 0 Å². The van der Waals surface area contributed by atoms with E-state index in [1.165, 1.54) is 20.8 Å². The fourth-order valence-corrected chi connectivity index (χ4v) is 8.80. The van der Waals surface area contributed by atoms with Gasteiger partial charge in [-0.05, 0) is 62.4 Å². The van der Waals surface area contributed by atoms with E-state index in [1.807, 2.05) is 48.5 Å². The third-order valence-electron chi connectivity index (χ3n) is 13.9. The number of fused-ring (bicyclic) bond motifs is 1. The maximum atomic E-state index is 14.9. The van der Waals surface area contributed by atoms with Gasteiger partial charge in [0.05, 0.1) is 11.6 Å². The molecule has 11 heteroatoms. The van der Waals surface area contributed by atoms with E-state index in [4.69, 9.17) is 5.73 Å². The monoisotopic (exact) mass is 955 g/mol. The summed E-state index contributed by atoms with van der Waals surface area (Å²) in [6.07, 6.45) is -0.596. The molecule has 5 atom stereocenters. The molecule has 0 heterocycles. The van der Waals surface area contributed by atoms with Crippen molar-refractivity contribution >= 4 is 62.9 Å². The number of hydrogen-bond donors (Lipinski definition) is 2. The molecule has 5 unspecified atom stereocenters. The van der Waals surface area contributed by atoms with E-state index >= 15 is 0 Å². The molecule has 0 saturated heterocycles. The van der Waals surface area contributed by atoms with Gasteiger partial charge in [0.1, 0.15) is 34.7 Å². The van der Waals surface area contributed by atoms with Gasteiger partial charge in [-0.15, -0.1) is 0 Å². The van der Waals surface area contributed by atoms with Crippen molar-refractivity contribution in [3.05, 3.63) is 119 Å². The zero-order chi connectivity index (χ0) is 52.5. The molecule has 0 aromatic heterocycles. The molecule has 0 aliphatic carbocycles. The number of benzene rings is 4. The first-order valence-electron chi connectivity index (χ1n) is 24.4. The Kier molecular flexibility index (Phi) is 18.8. The van der Waals surface area contributed by atoms with Crippen LogP contribution in [0.25, 0.3) is 10.8 Å². The second kappa shape index (κ2) is 23.2. The Balaban J connectivity index is 1.64. The number of nitrogens with two attached hydrogens (primary N) is 1. The first-order chi connectivity index (χ1) is 32.4. The van der Waals surface area contributed by atoms with Crippen LogP contribution in [0.4, 0.5) is 0 Å². The maximum Gasteiger partial charge on any atom is 0.240 e. The number of rotatable bonds is 27. The Morgan fingerprint density at radius 1 is 0.543 bits per heavy atom. The van der Waals surface area contributed by atoms with Crippen LogP contribution in [-0.2, 0) is 51.2 Å². The molecule has 0 bridgehead atoms. The number of amides is 1. The summed E-state index contributed by atoms with van der Waals surface area (Å²) in [5.74, 6) is -5.95. The van der Waals surface area contributed by atoms with Crippen LogP contribution in [0, 0.1) is 39.9 Å². The highest BCUT2D eigenvalue weighted by atomic mass is 16.2. The van der Waals surface area contributed by atoms with Crippen LogP contribution in [0.15, 0.2) is 97.1 Å². The molecule has 11 nitrogen and oxygen atoms in total. The second-order valence-electron chi connectivity index (χ2n) is 22.2. The van der Waals surface area contributed by atoms with Crippen LogP contribution in [0.2, 0.25) is 0 Å². The highest BCUT2D eigenvalue weighted by molar-refractivity contribution is 6.09. The predicted molar refractivity (Wildman–Crippen MR) is 274 cm³/mol. The lowest BCUT2D eigenvalue weighted by atomic mass is 9.68. The standard InChI is InChI=1S/C59H74N2O9/c1-36(39(4)62)28-51(66)56(5,6)34-49(64)46(29-40-22-26-44(27-23-40)53(68)43-19-14-13-15-20-43)32-52(67)57(7,8)35-50(65)47(31-41-24-25-42-18-16-17-21-45(42)30-41)37(2)54(69)58(9,10)33-48(63)38(3)61-55(70)59(11,12)60/h13-27,30,36-38,46-47H,28-29,31-35,60H2,1-12H3,(H,61,70). The smallest absolute Gasteiger partial charge is 0.240 e. The first kappa shape index (κ1) is 56.5. The fraction of sp³-hybridized carbons (Fsp3) is 0.475. The summed E-state index contributed by atoms with van der Waals surface area (Å²) < 4.78 is 0. The molecular formula is C59H74N2O9. The van der Waals surface area contributed by atoms with Gasteiger partial charge in [0.15, 0.2) is 11.6 Å². The summed E-state index contributed by atoms with van der Waals surface area (Å²) in [5, 5.41) is 4.59. The Hall–Kier alpha value is -6.07. The van der Waals surface area contributed by atoms with Gasteiger partial charge in [0.2, 0.25) is 5.91 Å². The van der Waals surface area contributed by atoms with E-state index in [2.05, 4.69) is 5.32 Å². The van der Waals surface area contributed by atoms with Crippen LogP contribution in [-0.4, -0.2) is 63.8 Å². The molecular weight excluding hydrogens is 881 g/mol. The quantitative estimate of drug-likeness (QED) is 0.0544. The predicted octanol–water partition coefficient (Wildman–Crippen LogP) is 9.64. The summed E-state index contributed by atoms with van der Waals surface area (Å²) in [6.45, 7) is 19.3. The van der Waals surface area contributed by atoms with Crippen LogP contribution in [0.5, 0.6) is 0 Å². The Morgan fingerprint density at radius 2 is 1.04 bits per heavy atom. The summed E-state index contributed by atoms with van der Waals surface area (Å²) in [6, 6.07) is 28.5. The SMILES string of the molecule is CC(=O)C(C)CC(=O)C(C)(C)CC(=O)C(CC(=O)C(C)(C)CC(=O)C(Cc1ccc2ccccc2c1)C(C)C(=O)C(C)(C)CC(=O)C(C)NC(=O)C(C)(C)N)Cc1ccc(C(=O)c2ccccc2)cc1. The fourth-order valence-electron chi connectivity index (χ4n) is 8.80. The summed E-state index contributed by atoms with van der Waals surface area (Å²) in [5.41, 5.74) is 3.53. The highest BCUT2D eigenvalue weighted by Crippen LogP contribution is 2.37. The number of Topliss-reactive ketones (excluding diaryl/α,β-unsaturated/α-hetero) is 7. The second-order valence-corrected chi connectivity index (χ2v) is 22.2. The molecule has 1 amide bonds. The first-order valence-corrected chi connectivity index (χ1v) is 24.4. The normalized spacial score (nSPS) is 14.4. The van der Waals surface area contributed by atoms with Crippen molar-refractivity contribution in [3.63, 3.8) is 0 Å². The summed E-state index contributed by atoms with van der Waals surface area (Å²) >= 11 is 0. The van der Waals surface area contributed by atoms with Crippen molar-refractivity contribution in [3.8, 4) is 0 Å². The zero-order valence-electron chi connectivity index (χ0n) is 43.3. The van der Waals surface area contributed by atoms with Gasteiger partial charge in [0.25, 0.3) is 0 Å². The molecule has 4 aromatic rings. The maximum absolute atomic E-state index is 14.9.